The Labute approximate surface area is 107 Å². The molecule has 0 saturated heterocycles. The molecule has 0 aliphatic heterocycles. The maximum atomic E-state index is 11.5. The van der Waals surface area contributed by atoms with Crippen molar-refractivity contribution in [1.29, 1.82) is 0 Å². The summed E-state index contributed by atoms with van der Waals surface area (Å²) >= 11 is 0. The minimum atomic E-state index is -0.949. The van der Waals surface area contributed by atoms with Crippen LogP contribution in [-0.2, 0) is 4.74 Å². The van der Waals surface area contributed by atoms with Crippen molar-refractivity contribution in [2.45, 2.75) is 6.92 Å². The van der Waals surface area contributed by atoms with Gasteiger partial charge in [0, 0.05) is 6.07 Å². The van der Waals surface area contributed by atoms with Gasteiger partial charge in [0.2, 0.25) is 5.75 Å². The summed E-state index contributed by atoms with van der Waals surface area (Å²) in [5.74, 6) is -1.29. The van der Waals surface area contributed by atoms with Crippen LogP contribution in [0.15, 0.2) is 12.1 Å². The van der Waals surface area contributed by atoms with Gasteiger partial charge in [-0.1, -0.05) is 0 Å². The van der Waals surface area contributed by atoms with Gasteiger partial charge in [0.1, 0.15) is 5.56 Å². The number of carbonyl (C=O) groups is 1. The number of methoxy groups -OCH3 is 1. The van der Waals surface area contributed by atoms with E-state index < -0.39 is 27.2 Å². The number of carbonyl (C=O) groups excluding carboxylic acids is 1. The highest BCUT2D eigenvalue weighted by molar-refractivity contribution is 5.95. The van der Waals surface area contributed by atoms with Gasteiger partial charge in [-0.05, 0) is 6.92 Å². The maximum absolute atomic E-state index is 11.5. The molecular weight excluding hydrogens is 260 g/mol. The molecule has 0 bridgehead atoms. The predicted octanol–water partition coefficient (Wildman–Crippen LogP) is 1.69. The van der Waals surface area contributed by atoms with Crippen LogP contribution in [0, 0.1) is 20.2 Å². The molecule has 1 rings (SSSR count). The highest BCUT2D eigenvalue weighted by atomic mass is 16.6. The third-order valence-electron chi connectivity index (χ3n) is 2.16. The number of hydrogen-bond donors (Lipinski definition) is 0. The molecule has 0 unspecified atom stereocenters. The Morgan fingerprint density at radius 2 is 1.89 bits per heavy atom. The van der Waals surface area contributed by atoms with Crippen LogP contribution in [0.2, 0.25) is 0 Å². The molecule has 0 spiro atoms. The van der Waals surface area contributed by atoms with Gasteiger partial charge in [-0.25, -0.2) is 4.79 Å². The van der Waals surface area contributed by atoms with Crippen LogP contribution in [0.4, 0.5) is 11.4 Å². The zero-order valence-electron chi connectivity index (χ0n) is 10.1. The predicted molar refractivity (Wildman–Crippen MR) is 62.3 cm³/mol. The molecule has 9 heteroatoms. The lowest BCUT2D eigenvalue weighted by atomic mass is 10.1. The first-order valence-electron chi connectivity index (χ1n) is 5.10. The molecule has 19 heavy (non-hydrogen) atoms. The van der Waals surface area contributed by atoms with Crippen LogP contribution >= 0.6 is 0 Å². The fourth-order valence-electron chi connectivity index (χ4n) is 1.40. The number of esters is 1. The topological polar surface area (TPSA) is 122 Å². The van der Waals surface area contributed by atoms with Crippen LogP contribution in [0.3, 0.4) is 0 Å². The third kappa shape index (κ3) is 2.94. The van der Waals surface area contributed by atoms with Crippen molar-refractivity contribution in [2.24, 2.45) is 0 Å². The van der Waals surface area contributed by atoms with Gasteiger partial charge in [-0.3, -0.25) is 20.2 Å². The fraction of sp³-hybridized carbons (Fsp3) is 0.300. The first-order valence-corrected chi connectivity index (χ1v) is 5.10. The van der Waals surface area contributed by atoms with Gasteiger partial charge in [-0.2, -0.15) is 0 Å². The van der Waals surface area contributed by atoms with Crippen molar-refractivity contribution in [3.63, 3.8) is 0 Å². The van der Waals surface area contributed by atoms with Gasteiger partial charge in [0.05, 0.1) is 29.6 Å². The molecule has 0 aliphatic carbocycles. The molecule has 0 heterocycles. The first kappa shape index (κ1) is 14.4. The summed E-state index contributed by atoms with van der Waals surface area (Å²) in [6, 6.07) is 1.61. The van der Waals surface area contributed by atoms with Crippen LogP contribution in [0.25, 0.3) is 0 Å². The average molecular weight is 270 g/mol. The van der Waals surface area contributed by atoms with E-state index >= 15 is 0 Å². The van der Waals surface area contributed by atoms with Crippen molar-refractivity contribution in [1.82, 2.24) is 0 Å². The van der Waals surface area contributed by atoms with E-state index in [9.17, 15) is 25.0 Å². The number of nitro groups is 2. The van der Waals surface area contributed by atoms with Crippen LogP contribution < -0.4 is 4.74 Å². The number of hydrogen-bond acceptors (Lipinski definition) is 7. The molecule has 0 aromatic heterocycles. The molecular formula is C10H10N2O7. The molecule has 0 radical (unpaired) electrons. The first-order chi connectivity index (χ1) is 8.92. The molecule has 0 atom stereocenters. The van der Waals surface area contributed by atoms with Gasteiger partial charge < -0.3 is 9.47 Å². The Balaban J connectivity index is 3.59. The lowest BCUT2D eigenvalue weighted by molar-refractivity contribution is -0.394. The number of benzene rings is 1. The van der Waals surface area contributed by atoms with Gasteiger partial charge in [0.25, 0.3) is 5.69 Å². The SMILES string of the molecule is CCOc1c(C(=O)OC)cc([N+](=O)[O-])cc1[N+](=O)[O-]. The lowest BCUT2D eigenvalue weighted by Gasteiger charge is -2.08. The van der Waals surface area contributed by atoms with Crippen molar-refractivity contribution >= 4 is 17.3 Å². The van der Waals surface area contributed by atoms with Crippen molar-refractivity contribution in [2.75, 3.05) is 13.7 Å². The van der Waals surface area contributed by atoms with E-state index in [0.717, 1.165) is 19.2 Å². The molecule has 0 N–H and O–H groups in total. The van der Waals surface area contributed by atoms with Crippen LogP contribution in [0.5, 0.6) is 5.75 Å². The second-order valence-electron chi connectivity index (χ2n) is 3.28. The van der Waals surface area contributed by atoms with E-state index in [-0.39, 0.29) is 17.9 Å². The zero-order valence-corrected chi connectivity index (χ0v) is 10.1. The van der Waals surface area contributed by atoms with E-state index in [1.54, 1.807) is 6.92 Å². The Morgan fingerprint density at radius 3 is 2.32 bits per heavy atom. The zero-order chi connectivity index (χ0) is 14.6. The Kier molecular flexibility index (Phi) is 4.35. The van der Waals surface area contributed by atoms with Gasteiger partial charge in [-0.15, -0.1) is 0 Å². The van der Waals surface area contributed by atoms with E-state index in [4.69, 9.17) is 4.74 Å². The number of rotatable bonds is 5. The molecule has 1 aromatic rings. The van der Waals surface area contributed by atoms with E-state index in [1.807, 2.05) is 0 Å². The van der Waals surface area contributed by atoms with Crippen LogP contribution in [-0.4, -0.2) is 29.5 Å². The second-order valence-corrected chi connectivity index (χ2v) is 3.28. The monoisotopic (exact) mass is 270 g/mol. The molecule has 0 aliphatic rings. The number of nitro benzene ring substituents is 2. The smallest absolute Gasteiger partial charge is 0.342 e. The minimum Gasteiger partial charge on any atom is -0.487 e. The summed E-state index contributed by atoms with van der Waals surface area (Å²) in [5, 5.41) is 21.6. The third-order valence-corrected chi connectivity index (χ3v) is 2.16. The van der Waals surface area contributed by atoms with Gasteiger partial charge in [0.15, 0.2) is 0 Å². The quantitative estimate of drug-likeness (QED) is 0.453. The summed E-state index contributed by atoms with van der Waals surface area (Å²) in [7, 11) is 1.06. The normalized spacial score (nSPS) is 9.79. The molecule has 0 fully saturated rings. The number of ether oxygens (including phenoxy) is 2. The maximum Gasteiger partial charge on any atom is 0.342 e. The standard InChI is InChI=1S/C10H10N2O7/c1-3-19-9-7(10(13)18-2)4-6(11(14)15)5-8(9)12(16)17/h4-5H,3H2,1-2H3. The molecule has 9 nitrogen and oxygen atoms in total. The van der Waals surface area contributed by atoms with Crippen molar-refractivity contribution in [3.05, 3.63) is 37.9 Å². The molecule has 102 valence electrons. The largest absolute Gasteiger partial charge is 0.487 e. The highest BCUT2D eigenvalue weighted by Crippen LogP contribution is 2.35. The Morgan fingerprint density at radius 1 is 1.26 bits per heavy atom. The second kappa shape index (κ2) is 5.76. The summed E-state index contributed by atoms with van der Waals surface area (Å²) in [5.41, 5.74) is -1.60. The van der Waals surface area contributed by atoms with Crippen LogP contribution in [0.1, 0.15) is 17.3 Å². The molecule has 1 aromatic carbocycles. The lowest BCUT2D eigenvalue weighted by Crippen LogP contribution is -2.09. The molecule has 0 amide bonds. The Hall–Kier alpha value is -2.71. The number of non-ortho nitro benzene ring substituents is 1. The number of nitrogens with zero attached hydrogens (tertiary/aromatic N) is 2. The van der Waals surface area contributed by atoms with Crippen molar-refractivity contribution in [3.8, 4) is 5.75 Å². The summed E-state index contributed by atoms with van der Waals surface area (Å²) in [6.07, 6.45) is 0. The van der Waals surface area contributed by atoms with E-state index in [0.29, 0.717) is 0 Å². The van der Waals surface area contributed by atoms with Gasteiger partial charge >= 0.3 is 11.7 Å². The Bertz CT molecular complexity index is 541. The summed E-state index contributed by atoms with van der Waals surface area (Å²) in [6.45, 7) is 1.62. The van der Waals surface area contributed by atoms with Crippen molar-refractivity contribution < 1.29 is 24.1 Å². The fourth-order valence-corrected chi connectivity index (χ4v) is 1.40. The summed E-state index contributed by atoms with van der Waals surface area (Å²) in [4.78, 5) is 31.4. The van der Waals surface area contributed by atoms with E-state index in [1.165, 1.54) is 0 Å². The highest BCUT2D eigenvalue weighted by Gasteiger charge is 2.29. The van der Waals surface area contributed by atoms with E-state index in [2.05, 4.69) is 4.74 Å². The minimum absolute atomic E-state index is 0.0582. The summed E-state index contributed by atoms with van der Waals surface area (Å²) < 4.78 is 9.45. The average Bonchev–Trinajstić information content (AvgIpc) is 2.37. The molecule has 0 saturated carbocycles.